The van der Waals surface area contributed by atoms with Crippen LogP contribution in [0.1, 0.15) is 22.3 Å². The zero-order valence-corrected chi connectivity index (χ0v) is 18.0. The summed E-state index contributed by atoms with van der Waals surface area (Å²) in [5.41, 5.74) is 2.67. The first kappa shape index (κ1) is 21.6. The number of nitrogens with one attached hydrogen (secondary N) is 2. The molecule has 1 atom stereocenters. The summed E-state index contributed by atoms with van der Waals surface area (Å²) < 4.78 is 0. The molecule has 0 aromatic heterocycles. The van der Waals surface area contributed by atoms with E-state index in [-0.39, 0.29) is 24.1 Å². The van der Waals surface area contributed by atoms with Crippen LogP contribution in [0.2, 0.25) is 5.02 Å². The molecule has 1 aliphatic heterocycles. The molecule has 3 amide bonds. The maximum atomic E-state index is 12.7. The number of amides is 3. The smallest absolute Gasteiger partial charge is 0.251 e. The molecule has 1 saturated heterocycles. The third kappa shape index (κ3) is 4.98. The average Bonchev–Trinajstić information content (AvgIpc) is 3.21. The van der Waals surface area contributed by atoms with Gasteiger partial charge < -0.3 is 15.5 Å². The Morgan fingerprint density at radius 1 is 0.938 bits per heavy atom. The summed E-state index contributed by atoms with van der Waals surface area (Å²) in [5.74, 6) is -0.946. The lowest BCUT2D eigenvalue weighted by Crippen LogP contribution is -2.28. The highest BCUT2D eigenvalue weighted by molar-refractivity contribution is 6.31. The molecule has 32 heavy (non-hydrogen) atoms. The molecule has 3 aromatic carbocycles. The van der Waals surface area contributed by atoms with E-state index in [4.69, 9.17) is 11.6 Å². The molecular formula is C25H22ClN3O3. The van der Waals surface area contributed by atoms with E-state index in [1.54, 1.807) is 35.2 Å². The van der Waals surface area contributed by atoms with Gasteiger partial charge in [-0.15, -0.1) is 0 Å². The van der Waals surface area contributed by atoms with Crippen molar-refractivity contribution in [2.45, 2.75) is 13.0 Å². The minimum atomic E-state index is -0.429. The minimum Gasteiger partial charge on any atom is -0.348 e. The Kier molecular flexibility index (Phi) is 6.52. The van der Waals surface area contributed by atoms with E-state index in [1.165, 1.54) is 0 Å². The number of carbonyl (C=O) groups excluding carboxylic acids is 3. The number of para-hydroxylation sites is 1. The SMILES string of the molecule is O=C(NCc1ccccc1Cl)c1ccc(NC(=O)C2CC(=O)N(c3ccccc3)C2)cc1. The van der Waals surface area contributed by atoms with Crippen LogP contribution in [0.25, 0.3) is 0 Å². The van der Waals surface area contributed by atoms with Crippen molar-refractivity contribution in [2.24, 2.45) is 5.92 Å². The lowest BCUT2D eigenvalue weighted by molar-refractivity contribution is -0.122. The second kappa shape index (κ2) is 9.66. The normalized spacial score (nSPS) is 15.5. The van der Waals surface area contributed by atoms with Gasteiger partial charge in [-0.2, -0.15) is 0 Å². The number of benzene rings is 3. The van der Waals surface area contributed by atoms with Crippen LogP contribution < -0.4 is 15.5 Å². The van der Waals surface area contributed by atoms with E-state index < -0.39 is 5.92 Å². The van der Waals surface area contributed by atoms with Gasteiger partial charge in [-0.25, -0.2) is 0 Å². The highest BCUT2D eigenvalue weighted by Gasteiger charge is 2.35. The van der Waals surface area contributed by atoms with Crippen molar-refractivity contribution in [3.63, 3.8) is 0 Å². The molecule has 1 fully saturated rings. The molecule has 0 aliphatic carbocycles. The zero-order chi connectivity index (χ0) is 22.5. The molecule has 0 radical (unpaired) electrons. The first-order valence-electron chi connectivity index (χ1n) is 10.3. The van der Waals surface area contributed by atoms with Crippen LogP contribution in [0.15, 0.2) is 78.9 Å². The van der Waals surface area contributed by atoms with Crippen molar-refractivity contribution in [3.05, 3.63) is 95.0 Å². The van der Waals surface area contributed by atoms with Crippen LogP contribution in [0, 0.1) is 5.92 Å². The maximum Gasteiger partial charge on any atom is 0.251 e. The fraction of sp³-hybridized carbons (Fsp3) is 0.160. The Balaban J connectivity index is 1.32. The predicted molar refractivity (Wildman–Crippen MR) is 125 cm³/mol. The molecule has 3 aromatic rings. The van der Waals surface area contributed by atoms with Crippen LogP contribution in [0.3, 0.4) is 0 Å². The number of halogens is 1. The molecule has 6 nitrogen and oxygen atoms in total. The van der Waals surface area contributed by atoms with Crippen LogP contribution in [0.4, 0.5) is 11.4 Å². The van der Waals surface area contributed by atoms with Gasteiger partial charge in [0.05, 0.1) is 5.92 Å². The molecule has 2 N–H and O–H groups in total. The van der Waals surface area contributed by atoms with Crippen LogP contribution >= 0.6 is 11.6 Å². The monoisotopic (exact) mass is 447 g/mol. The second-order valence-electron chi connectivity index (χ2n) is 7.58. The van der Waals surface area contributed by atoms with Gasteiger partial charge in [0.15, 0.2) is 0 Å². The number of hydrogen-bond donors (Lipinski definition) is 2. The van der Waals surface area contributed by atoms with Gasteiger partial charge in [-0.3, -0.25) is 14.4 Å². The third-order valence-corrected chi connectivity index (χ3v) is 5.74. The lowest BCUT2D eigenvalue weighted by Gasteiger charge is -2.16. The summed E-state index contributed by atoms with van der Waals surface area (Å²) in [6.07, 6.45) is 0.170. The summed E-state index contributed by atoms with van der Waals surface area (Å²) >= 11 is 6.11. The highest BCUT2D eigenvalue weighted by atomic mass is 35.5. The first-order valence-corrected chi connectivity index (χ1v) is 10.7. The topological polar surface area (TPSA) is 78.5 Å². The van der Waals surface area contributed by atoms with Crippen molar-refractivity contribution in [1.82, 2.24) is 5.32 Å². The number of hydrogen-bond acceptors (Lipinski definition) is 3. The molecule has 1 heterocycles. The predicted octanol–water partition coefficient (Wildman–Crippen LogP) is 4.26. The fourth-order valence-electron chi connectivity index (χ4n) is 3.61. The van der Waals surface area contributed by atoms with Crippen molar-refractivity contribution < 1.29 is 14.4 Å². The van der Waals surface area contributed by atoms with Crippen LogP contribution in [-0.2, 0) is 16.1 Å². The summed E-state index contributed by atoms with van der Waals surface area (Å²) in [4.78, 5) is 39.0. The van der Waals surface area contributed by atoms with Crippen molar-refractivity contribution in [3.8, 4) is 0 Å². The standard InChI is InChI=1S/C25H22ClN3O3/c26-22-9-5-4-6-18(22)15-27-24(31)17-10-12-20(13-11-17)28-25(32)19-14-23(30)29(16-19)21-7-2-1-3-8-21/h1-13,19H,14-16H2,(H,27,31)(H,28,32). The Bertz CT molecular complexity index is 1130. The quantitative estimate of drug-likeness (QED) is 0.592. The number of rotatable bonds is 6. The molecule has 0 saturated carbocycles. The highest BCUT2D eigenvalue weighted by Crippen LogP contribution is 2.26. The van der Waals surface area contributed by atoms with E-state index in [2.05, 4.69) is 10.6 Å². The number of nitrogens with zero attached hydrogens (tertiary/aromatic N) is 1. The maximum absolute atomic E-state index is 12.7. The van der Waals surface area contributed by atoms with Crippen molar-refractivity contribution in [1.29, 1.82) is 0 Å². The van der Waals surface area contributed by atoms with E-state index in [1.807, 2.05) is 48.5 Å². The largest absolute Gasteiger partial charge is 0.348 e. The van der Waals surface area contributed by atoms with Gasteiger partial charge in [-0.1, -0.05) is 48.0 Å². The van der Waals surface area contributed by atoms with Crippen LogP contribution in [-0.4, -0.2) is 24.3 Å². The molecule has 1 aliphatic rings. The average molecular weight is 448 g/mol. The summed E-state index contributed by atoms with van der Waals surface area (Å²) in [6.45, 7) is 0.668. The van der Waals surface area contributed by atoms with Gasteiger partial charge in [0.25, 0.3) is 5.91 Å². The first-order chi connectivity index (χ1) is 15.5. The van der Waals surface area contributed by atoms with Gasteiger partial charge in [-0.05, 0) is 48.0 Å². The van der Waals surface area contributed by atoms with Crippen LogP contribution in [0.5, 0.6) is 0 Å². The molecule has 4 rings (SSSR count). The summed E-state index contributed by atoms with van der Waals surface area (Å²) in [6, 6.07) is 23.3. The Morgan fingerprint density at radius 2 is 1.62 bits per heavy atom. The van der Waals surface area contributed by atoms with Gasteiger partial charge in [0.1, 0.15) is 0 Å². The van der Waals surface area contributed by atoms with Crippen molar-refractivity contribution >= 4 is 40.7 Å². The van der Waals surface area contributed by atoms with Gasteiger partial charge >= 0.3 is 0 Å². The Labute approximate surface area is 191 Å². The lowest BCUT2D eigenvalue weighted by atomic mass is 10.1. The Hall–Kier alpha value is -3.64. The summed E-state index contributed by atoms with van der Waals surface area (Å²) in [7, 11) is 0. The van der Waals surface area contributed by atoms with Gasteiger partial charge in [0, 0.05) is 41.5 Å². The minimum absolute atomic E-state index is 0.0677. The fourth-order valence-corrected chi connectivity index (χ4v) is 3.81. The van der Waals surface area contributed by atoms with Gasteiger partial charge in [0.2, 0.25) is 11.8 Å². The summed E-state index contributed by atoms with van der Waals surface area (Å²) in [5, 5.41) is 6.27. The zero-order valence-electron chi connectivity index (χ0n) is 17.3. The molecule has 0 bridgehead atoms. The van der Waals surface area contributed by atoms with E-state index in [0.717, 1.165) is 11.3 Å². The molecule has 1 unspecified atom stereocenters. The number of carbonyl (C=O) groups is 3. The van der Waals surface area contributed by atoms with E-state index in [0.29, 0.717) is 29.4 Å². The number of anilines is 2. The van der Waals surface area contributed by atoms with E-state index in [9.17, 15) is 14.4 Å². The molecule has 0 spiro atoms. The molecule has 7 heteroatoms. The second-order valence-corrected chi connectivity index (χ2v) is 7.99. The van der Waals surface area contributed by atoms with Crippen molar-refractivity contribution in [2.75, 3.05) is 16.8 Å². The third-order valence-electron chi connectivity index (χ3n) is 5.38. The van der Waals surface area contributed by atoms with E-state index >= 15 is 0 Å². The Morgan fingerprint density at radius 3 is 2.34 bits per heavy atom. The molecular weight excluding hydrogens is 426 g/mol. The molecule has 162 valence electrons.